The summed E-state index contributed by atoms with van der Waals surface area (Å²) in [4.78, 5) is 9.26. The smallest absolute Gasteiger partial charge is 0.279 e. The van der Waals surface area contributed by atoms with Crippen LogP contribution in [-0.2, 0) is 37.5 Å². The predicted molar refractivity (Wildman–Crippen MR) is 19.9 cm³/mol. The molecule has 6 heavy (non-hydrogen) atoms. The molecule has 0 aromatic rings. The summed E-state index contributed by atoms with van der Waals surface area (Å²) in [6.45, 7) is 0. The molecule has 0 aromatic heterocycles. The molecule has 0 heterocycles. The largest absolute Gasteiger partial charge is 0.782 e. The summed E-state index contributed by atoms with van der Waals surface area (Å²) in [5.41, 5.74) is 0. The number of hydrogen-bond acceptors (Lipinski definition) is 2. The van der Waals surface area contributed by atoms with Crippen LogP contribution in [-0.4, -0.2) is 16.8 Å². The molecule has 1 radical (unpaired) electrons. The molecule has 0 rings (SSSR count). The van der Waals surface area contributed by atoms with Crippen molar-refractivity contribution in [3.63, 3.8) is 0 Å². The minimum absolute atomic E-state index is 0. The molecule has 2 nitrogen and oxygen atoms in total. The SMILES string of the molecule is O=C(O)C[S-].[Tc]. The van der Waals surface area contributed by atoms with Gasteiger partial charge in [-0.3, -0.25) is 4.79 Å². The maximum absolute atomic E-state index is 9.26. The van der Waals surface area contributed by atoms with Crippen molar-refractivity contribution in [3.05, 3.63) is 0 Å². The molecule has 0 fully saturated rings. The monoisotopic (exact) mass is 188 g/mol. The molecule has 0 atom stereocenters. The Morgan fingerprint density at radius 2 is 2.00 bits per heavy atom. The van der Waals surface area contributed by atoms with E-state index in [1.807, 2.05) is 0 Å². The Bertz CT molecular complexity index is 46.8. The van der Waals surface area contributed by atoms with Gasteiger partial charge in [-0.05, 0) is 0 Å². The van der Waals surface area contributed by atoms with Gasteiger partial charge in [0, 0.05) is 20.1 Å². The van der Waals surface area contributed by atoms with Crippen LogP contribution in [0.1, 0.15) is 0 Å². The van der Waals surface area contributed by atoms with Crippen molar-refractivity contribution in [2.45, 2.75) is 0 Å². The summed E-state index contributed by atoms with van der Waals surface area (Å²) in [7, 11) is 0. The number of carboxylic acids is 1. The molecule has 0 aliphatic carbocycles. The molecule has 0 saturated carbocycles. The van der Waals surface area contributed by atoms with E-state index in [-0.39, 0.29) is 25.9 Å². The minimum Gasteiger partial charge on any atom is -0.782 e. The zero-order chi connectivity index (χ0) is 4.28. The molecule has 0 amide bonds. The van der Waals surface area contributed by atoms with Crippen LogP contribution < -0.4 is 0 Å². The fourth-order valence-electron chi connectivity index (χ4n) is 0. The van der Waals surface area contributed by atoms with Gasteiger partial charge in [-0.25, -0.2) is 0 Å². The molecule has 0 saturated heterocycles. The maximum Gasteiger partial charge on any atom is 0.279 e. The first-order valence-electron chi connectivity index (χ1n) is 1.07. The second kappa shape index (κ2) is 5.47. The molecule has 0 aliphatic rings. The summed E-state index contributed by atoms with van der Waals surface area (Å²) in [6.07, 6.45) is 0. The van der Waals surface area contributed by atoms with E-state index >= 15 is 0 Å². The Morgan fingerprint density at radius 1 is 1.83 bits per heavy atom. The minimum atomic E-state index is -0.931. The Morgan fingerprint density at radius 3 is 2.00 bits per heavy atom. The van der Waals surface area contributed by atoms with Gasteiger partial charge in [-0.15, -0.1) is 0 Å². The van der Waals surface area contributed by atoms with E-state index in [4.69, 9.17) is 5.11 Å². The van der Waals surface area contributed by atoms with Gasteiger partial charge in [-0.1, -0.05) is 5.75 Å². The van der Waals surface area contributed by atoms with E-state index in [9.17, 15) is 4.79 Å². The molecule has 0 bridgehead atoms. The van der Waals surface area contributed by atoms with Crippen molar-refractivity contribution in [3.8, 4) is 0 Å². The van der Waals surface area contributed by atoms with Gasteiger partial charge < -0.3 is 17.7 Å². The number of rotatable bonds is 1. The van der Waals surface area contributed by atoms with Gasteiger partial charge in [0.2, 0.25) is 0 Å². The Hall–Kier alpha value is 0.469. The van der Waals surface area contributed by atoms with Crippen LogP contribution >= 0.6 is 0 Å². The number of aliphatic carboxylic acids is 1. The van der Waals surface area contributed by atoms with Crippen molar-refractivity contribution in [2.24, 2.45) is 0 Å². The maximum atomic E-state index is 9.26. The first-order chi connectivity index (χ1) is 2.27. The Kier molecular flexibility index (Phi) is 8.83. The average molecular weight is 189 g/mol. The number of carboxylic acid groups (broad SMARTS) is 1. The van der Waals surface area contributed by atoms with Gasteiger partial charge in [0.25, 0.3) is 5.97 Å². The molecule has 1 N–H and O–H groups in total. The average Bonchev–Trinajstić information content (AvgIpc) is 1.38. The molecular formula is C2H3O2STc-. The van der Waals surface area contributed by atoms with E-state index in [2.05, 4.69) is 12.6 Å². The van der Waals surface area contributed by atoms with Crippen LogP contribution in [0.2, 0.25) is 0 Å². The second-order valence-electron chi connectivity index (χ2n) is 0.538. The summed E-state index contributed by atoms with van der Waals surface area (Å²) >= 11 is 4.08. The summed E-state index contributed by atoms with van der Waals surface area (Å²) in [5.74, 6) is -1.13. The standard InChI is InChI=1S/C2H4O2S.Tc/c3-2(4)1-5;/h5H,1H2,(H,3,4);/p-1. The van der Waals surface area contributed by atoms with Crippen LogP contribution in [0.25, 0.3) is 0 Å². The first-order valence-corrected chi connectivity index (χ1v) is 1.65. The number of hydrogen-bond donors (Lipinski definition) is 1. The molecule has 4 heteroatoms. The molecule has 0 aliphatic heterocycles. The second-order valence-corrected chi connectivity index (χ2v) is 0.827. The van der Waals surface area contributed by atoms with Crippen molar-refractivity contribution < 1.29 is 30.0 Å². The van der Waals surface area contributed by atoms with Crippen LogP contribution in [0, 0.1) is 0 Å². The molecule has 0 spiro atoms. The quantitative estimate of drug-likeness (QED) is 0.571. The van der Waals surface area contributed by atoms with Gasteiger partial charge in [0.05, 0.1) is 0 Å². The fraction of sp³-hybridized carbons (Fsp3) is 0.500. The van der Waals surface area contributed by atoms with E-state index in [1.165, 1.54) is 0 Å². The first kappa shape index (κ1) is 9.69. The van der Waals surface area contributed by atoms with Gasteiger partial charge >= 0.3 is 0 Å². The summed E-state index contributed by atoms with van der Waals surface area (Å²) < 4.78 is 0. The van der Waals surface area contributed by atoms with Gasteiger partial charge in [0.1, 0.15) is 0 Å². The predicted octanol–water partition coefficient (Wildman–Crippen LogP) is -0.385. The third kappa shape index (κ3) is 8.82. The van der Waals surface area contributed by atoms with E-state index < -0.39 is 5.97 Å². The summed E-state index contributed by atoms with van der Waals surface area (Å²) in [6, 6.07) is 0. The van der Waals surface area contributed by atoms with E-state index in [0.717, 1.165) is 0 Å². The Balaban J connectivity index is 0. The van der Waals surface area contributed by atoms with Crippen LogP contribution in [0.5, 0.6) is 0 Å². The Labute approximate surface area is 54.7 Å². The van der Waals surface area contributed by atoms with Crippen molar-refractivity contribution >= 4 is 18.6 Å². The molecule has 0 unspecified atom stereocenters. The van der Waals surface area contributed by atoms with Crippen molar-refractivity contribution in [2.75, 3.05) is 5.75 Å². The van der Waals surface area contributed by atoms with Crippen molar-refractivity contribution in [1.29, 1.82) is 0 Å². The fourth-order valence-corrected chi connectivity index (χ4v) is 0. The molecular weight excluding hydrogens is 186 g/mol. The van der Waals surface area contributed by atoms with Crippen LogP contribution in [0.15, 0.2) is 0 Å². The zero-order valence-electron chi connectivity index (χ0n) is 2.85. The topological polar surface area (TPSA) is 37.3 Å². The van der Waals surface area contributed by atoms with Gasteiger partial charge in [-0.2, -0.15) is 0 Å². The van der Waals surface area contributed by atoms with Crippen molar-refractivity contribution in [1.82, 2.24) is 0 Å². The van der Waals surface area contributed by atoms with Crippen LogP contribution in [0.4, 0.5) is 0 Å². The van der Waals surface area contributed by atoms with Crippen LogP contribution in [0.3, 0.4) is 0 Å². The normalized spacial score (nSPS) is 6.17. The third-order valence-corrected chi connectivity index (χ3v) is 0.370. The molecule has 37 valence electrons. The summed E-state index contributed by atoms with van der Waals surface area (Å²) in [5, 5.41) is 7.62. The number of carbonyl (C=O) groups is 1. The van der Waals surface area contributed by atoms with E-state index in [0.29, 0.717) is 0 Å². The van der Waals surface area contributed by atoms with E-state index in [1.54, 1.807) is 0 Å². The van der Waals surface area contributed by atoms with Gasteiger partial charge in [0.15, 0.2) is 0 Å². The molecule has 0 aromatic carbocycles. The zero-order valence-corrected chi connectivity index (χ0v) is 5.52. The third-order valence-electron chi connectivity index (χ3n) is 0.123.